The minimum absolute atomic E-state index is 0.410. The number of imidazole rings is 1. The van der Waals surface area contributed by atoms with Crippen LogP contribution in [-0.4, -0.2) is 15.7 Å². The lowest BCUT2D eigenvalue weighted by atomic mass is 10.2. The summed E-state index contributed by atoms with van der Waals surface area (Å²) in [6.45, 7) is 0. The fourth-order valence-corrected chi connectivity index (χ4v) is 2.11. The number of carbonyl (C=O) groups is 1. The molecular weight excluding hydrogens is 224 g/mol. The number of pyridine rings is 1. The van der Waals surface area contributed by atoms with Crippen molar-refractivity contribution < 1.29 is 4.79 Å². The fourth-order valence-electron chi connectivity index (χ4n) is 1.84. The van der Waals surface area contributed by atoms with E-state index in [-0.39, 0.29) is 0 Å². The van der Waals surface area contributed by atoms with Crippen LogP contribution >= 0.6 is 11.6 Å². The highest BCUT2D eigenvalue weighted by atomic mass is 35.5. The molecule has 0 unspecified atom stereocenters. The predicted octanol–water partition coefficient (Wildman–Crippen LogP) is 2.95. The van der Waals surface area contributed by atoms with Crippen LogP contribution in [-0.2, 0) is 0 Å². The Labute approximate surface area is 96.3 Å². The minimum atomic E-state index is 0.410. The molecule has 3 aromatic rings. The van der Waals surface area contributed by atoms with Crippen LogP contribution in [0.4, 0.5) is 0 Å². The van der Waals surface area contributed by atoms with Crippen LogP contribution in [0.25, 0.3) is 16.4 Å². The lowest BCUT2D eigenvalue weighted by Gasteiger charge is -2.01. The first kappa shape index (κ1) is 9.36. The normalized spacial score (nSPS) is 11.1. The number of halogens is 1. The number of fused-ring (bicyclic) bond motifs is 3. The molecule has 0 fully saturated rings. The van der Waals surface area contributed by atoms with Crippen LogP contribution in [0.1, 0.15) is 10.5 Å². The topological polar surface area (TPSA) is 34.4 Å². The first-order valence-corrected chi connectivity index (χ1v) is 5.18. The van der Waals surface area contributed by atoms with Crippen molar-refractivity contribution in [1.82, 2.24) is 9.38 Å². The summed E-state index contributed by atoms with van der Waals surface area (Å²) in [4.78, 5) is 14.9. The number of aldehydes is 1. The van der Waals surface area contributed by atoms with Crippen molar-refractivity contribution in [3.05, 3.63) is 47.4 Å². The van der Waals surface area contributed by atoms with Gasteiger partial charge in [-0.25, -0.2) is 4.98 Å². The first-order valence-electron chi connectivity index (χ1n) is 4.81. The Kier molecular flexibility index (Phi) is 1.94. The van der Waals surface area contributed by atoms with Crippen LogP contribution in [0.2, 0.25) is 5.02 Å². The van der Waals surface area contributed by atoms with Gasteiger partial charge in [-0.3, -0.25) is 4.79 Å². The molecule has 0 N–H and O–H groups in total. The maximum absolute atomic E-state index is 10.7. The number of benzene rings is 1. The van der Waals surface area contributed by atoms with Gasteiger partial charge in [0, 0.05) is 17.8 Å². The molecule has 0 spiro atoms. The maximum atomic E-state index is 10.7. The molecule has 0 aliphatic heterocycles. The summed E-state index contributed by atoms with van der Waals surface area (Å²) in [5.74, 6) is 0. The van der Waals surface area contributed by atoms with Crippen molar-refractivity contribution in [2.45, 2.75) is 0 Å². The highest BCUT2D eigenvalue weighted by Crippen LogP contribution is 2.26. The number of nitrogens with zero attached hydrogens (tertiary/aromatic N) is 2. The Morgan fingerprint density at radius 1 is 1.31 bits per heavy atom. The average molecular weight is 231 g/mol. The summed E-state index contributed by atoms with van der Waals surface area (Å²) < 4.78 is 1.80. The molecule has 0 atom stereocenters. The number of carbonyl (C=O) groups excluding carboxylic acids is 1. The van der Waals surface area contributed by atoms with Gasteiger partial charge >= 0.3 is 0 Å². The molecule has 4 heteroatoms. The van der Waals surface area contributed by atoms with Crippen molar-refractivity contribution in [3.8, 4) is 0 Å². The molecule has 0 radical (unpaired) electrons. The molecule has 16 heavy (non-hydrogen) atoms. The summed E-state index contributed by atoms with van der Waals surface area (Å²) in [6, 6.07) is 7.63. The third-order valence-electron chi connectivity index (χ3n) is 2.56. The Morgan fingerprint density at radius 2 is 2.19 bits per heavy atom. The summed E-state index contributed by atoms with van der Waals surface area (Å²) in [5, 5.41) is 2.54. The van der Waals surface area contributed by atoms with Crippen LogP contribution in [0.15, 0.2) is 36.7 Å². The Hall–Kier alpha value is -1.87. The van der Waals surface area contributed by atoms with E-state index in [9.17, 15) is 4.79 Å². The SMILES string of the molecule is O=Cc1cn2ccc3cccc(Cl)c3c2n1. The van der Waals surface area contributed by atoms with E-state index in [1.54, 1.807) is 10.6 Å². The summed E-state index contributed by atoms with van der Waals surface area (Å²) >= 11 is 6.15. The maximum Gasteiger partial charge on any atom is 0.170 e. The van der Waals surface area contributed by atoms with Crippen molar-refractivity contribution in [1.29, 1.82) is 0 Å². The third-order valence-corrected chi connectivity index (χ3v) is 2.87. The van der Waals surface area contributed by atoms with E-state index in [0.29, 0.717) is 16.4 Å². The molecule has 0 saturated carbocycles. The third kappa shape index (κ3) is 1.22. The molecule has 0 aliphatic carbocycles. The van der Waals surface area contributed by atoms with E-state index >= 15 is 0 Å². The van der Waals surface area contributed by atoms with Crippen LogP contribution in [0.5, 0.6) is 0 Å². The number of hydrogen-bond donors (Lipinski definition) is 0. The summed E-state index contributed by atoms with van der Waals surface area (Å²) in [5.41, 5.74) is 1.12. The number of rotatable bonds is 1. The highest BCUT2D eigenvalue weighted by Gasteiger charge is 2.07. The lowest BCUT2D eigenvalue weighted by molar-refractivity contribution is 0.111. The smallest absolute Gasteiger partial charge is 0.170 e. The molecule has 0 amide bonds. The van der Waals surface area contributed by atoms with Crippen LogP contribution in [0.3, 0.4) is 0 Å². The van der Waals surface area contributed by atoms with Gasteiger partial charge in [0.05, 0.1) is 5.02 Å². The van der Waals surface area contributed by atoms with Crippen molar-refractivity contribution in [2.75, 3.05) is 0 Å². The second-order valence-corrected chi connectivity index (χ2v) is 3.94. The van der Waals surface area contributed by atoms with E-state index in [0.717, 1.165) is 17.1 Å². The Morgan fingerprint density at radius 3 is 3.00 bits per heavy atom. The zero-order valence-electron chi connectivity index (χ0n) is 8.22. The zero-order valence-corrected chi connectivity index (χ0v) is 8.98. The molecule has 2 aromatic heterocycles. The van der Waals surface area contributed by atoms with Gasteiger partial charge in [-0.1, -0.05) is 23.7 Å². The summed E-state index contributed by atoms with van der Waals surface area (Å²) in [7, 11) is 0. The number of hydrogen-bond acceptors (Lipinski definition) is 2. The largest absolute Gasteiger partial charge is 0.306 e. The first-order chi connectivity index (χ1) is 7.79. The van der Waals surface area contributed by atoms with Gasteiger partial charge in [0.25, 0.3) is 0 Å². The van der Waals surface area contributed by atoms with Crippen molar-refractivity contribution >= 4 is 34.3 Å². The fraction of sp³-hybridized carbons (Fsp3) is 0. The lowest BCUT2D eigenvalue weighted by Crippen LogP contribution is -1.85. The van der Waals surface area contributed by atoms with Crippen LogP contribution in [0, 0.1) is 0 Å². The highest BCUT2D eigenvalue weighted by molar-refractivity contribution is 6.36. The standard InChI is InChI=1S/C12H7ClN2O/c13-10-3-1-2-8-4-5-15-6-9(7-16)14-12(15)11(8)10/h1-7H. The number of aromatic nitrogens is 2. The second kappa shape index (κ2) is 3.32. The molecule has 1 aromatic carbocycles. The van der Waals surface area contributed by atoms with Gasteiger partial charge in [-0.15, -0.1) is 0 Å². The van der Waals surface area contributed by atoms with Gasteiger partial charge in [0.2, 0.25) is 0 Å². The van der Waals surface area contributed by atoms with E-state index in [1.807, 2.05) is 30.5 Å². The van der Waals surface area contributed by atoms with E-state index < -0.39 is 0 Å². The van der Waals surface area contributed by atoms with Gasteiger partial charge in [-0.05, 0) is 17.5 Å². The molecule has 0 bridgehead atoms. The quantitative estimate of drug-likeness (QED) is 0.603. The molecular formula is C12H7ClN2O. The van der Waals surface area contributed by atoms with Gasteiger partial charge in [-0.2, -0.15) is 0 Å². The predicted molar refractivity (Wildman–Crippen MR) is 63.1 cm³/mol. The zero-order chi connectivity index (χ0) is 11.1. The summed E-state index contributed by atoms with van der Waals surface area (Å²) in [6.07, 6.45) is 4.29. The Balaban J connectivity index is 2.56. The molecule has 3 nitrogen and oxygen atoms in total. The van der Waals surface area contributed by atoms with Crippen molar-refractivity contribution in [3.63, 3.8) is 0 Å². The molecule has 3 rings (SSSR count). The molecule has 78 valence electrons. The van der Waals surface area contributed by atoms with Gasteiger partial charge in [0.1, 0.15) is 11.3 Å². The molecule has 0 saturated heterocycles. The average Bonchev–Trinajstić information content (AvgIpc) is 2.72. The molecule has 0 aliphatic rings. The van der Waals surface area contributed by atoms with E-state index in [4.69, 9.17) is 11.6 Å². The van der Waals surface area contributed by atoms with E-state index in [2.05, 4.69) is 4.98 Å². The second-order valence-electron chi connectivity index (χ2n) is 3.53. The van der Waals surface area contributed by atoms with Gasteiger partial charge < -0.3 is 4.40 Å². The molecule has 2 heterocycles. The van der Waals surface area contributed by atoms with Crippen LogP contribution < -0.4 is 0 Å². The minimum Gasteiger partial charge on any atom is -0.306 e. The van der Waals surface area contributed by atoms with E-state index in [1.165, 1.54) is 0 Å². The Bertz CT molecular complexity index is 703. The van der Waals surface area contributed by atoms with Crippen molar-refractivity contribution in [2.24, 2.45) is 0 Å². The monoisotopic (exact) mass is 230 g/mol. The van der Waals surface area contributed by atoms with Gasteiger partial charge in [0.15, 0.2) is 6.29 Å².